The number of nitrogens with two attached hydrogens (primary N) is 1. The Labute approximate surface area is 113 Å². The summed E-state index contributed by atoms with van der Waals surface area (Å²) < 4.78 is 0. The molecule has 0 bridgehead atoms. The lowest BCUT2D eigenvalue weighted by atomic mass is 9.71. The van der Waals surface area contributed by atoms with E-state index in [1.165, 1.54) is 19.3 Å². The summed E-state index contributed by atoms with van der Waals surface area (Å²) in [5, 5.41) is 9.31. The molecule has 1 saturated carbocycles. The quantitative estimate of drug-likeness (QED) is 0.784. The molecule has 18 heavy (non-hydrogen) atoms. The topological polar surface area (TPSA) is 83.8 Å². The van der Waals surface area contributed by atoms with Crippen LogP contribution in [0.5, 0.6) is 0 Å². The summed E-state index contributed by atoms with van der Waals surface area (Å²) in [6, 6.07) is 0. The van der Waals surface area contributed by atoms with Crippen molar-refractivity contribution in [1.82, 2.24) is 10.2 Å². The van der Waals surface area contributed by atoms with Gasteiger partial charge in [-0.05, 0) is 24.8 Å². The third-order valence-corrected chi connectivity index (χ3v) is 3.66. The van der Waals surface area contributed by atoms with Gasteiger partial charge in [-0.15, -0.1) is 12.4 Å². The Kier molecular flexibility index (Phi) is 5.62. The van der Waals surface area contributed by atoms with Crippen LogP contribution >= 0.6 is 12.4 Å². The van der Waals surface area contributed by atoms with Crippen LogP contribution in [-0.2, 0) is 4.79 Å². The number of hydrogen-bond donors (Lipinski definition) is 3. The second-order valence-electron chi connectivity index (χ2n) is 4.98. The third kappa shape index (κ3) is 3.71. The van der Waals surface area contributed by atoms with E-state index in [1.54, 1.807) is 12.4 Å². The van der Waals surface area contributed by atoms with Crippen LogP contribution in [0.2, 0.25) is 0 Å². The first-order chi connectivity index (χ1) is 8.24. The van der Waals surface area contributed by atoms with Crippen molar-refractivity contribution in [2.45, 2.75) is 38.5 Å². The zero-order chi connectivity index (χ0) is 12.1. The van der Waals surface area contributed by atoms with Gasteiger partial charge in [0.2, 0.25) is 5.91 Å². The Morgan fingerprint density at radius 1 is 1.44 bits per heavy atom. The molecule has 0 spiro atoms. The van der Waals surface area contributed by atoms with Crippen LogP contribution in [0, 0.1) is 5.41 Å². The average Bonchev–Trinajstić information content (AvgIpc) is 2.83. The van der Waals surface area contributed by atoms with Gasteiger partial charge in [0.15, 0.2) is 0 Å². The van der Waals surface area contributed by atoms with E-state index in [0.717, 1.165) is 18.5 Å². The molecule has 4 N–H and O–H groups in total. The van der Waals surface area contributed by atoms with Crippen molar-refractivity contribution >= 4 is 24.0 Å². The first-order valence-corrected chi connectivity index (χ1v) is 6.23. The number of nitrogens with zero attached hydrogens (tertiary/aromatic N) is 1. The summed E-state index contributed by atoms with van der Waals surface area (Å²) >= 11 is 0. The van der Waals surface area contributed by atoms with Gasteiger partial charge >= 0.3 is 0 Å². The summed E-state index contributed by atoms with van der Waals surface area (Å²) in [5.74, 6) is 0.0405. The van der Waals surface area contributed by atoms with Crippen molar-refractivity contribution < 1.29 is 4.79 Å². The summed E-state index contributed by atoms with van der Waals surface area (Å²) in [6.07, 6.45) is 9.60. The van der Waals surface area contributed by atoms with Crippen LogP contribution in [0.3, 0.4) is 0 Å². The van der Waals surface area contributed by atoms with Gasteiger partial charge in [0.25, 0.3) is 0 Å². The fourth-order valence-corrected chi connectivity index (χ4v) is 2.62. The number of aromatic nitrogens is 2. The van der Waals surface area contributed by atoms with E-state index in [1.807, 2.05) is 0 Å². The number of carbonyl (C=O) groups excluding carboxylic acids is 1. The zero-order valence-corrected chi connectivity index (χ0v) is 11.3. The van der Waals surface area contributed by atoms with E-state index < -0.39 is 0 Å². The molecule has 1 aliphatic rings. The van der Waals surface area contributed by atoms with Crippen molar-refractivity contribution in [1.29, 1.82) is 0 Å². The largest absolute Gasteiger partial charge is 0.330 e. The predicted octanol–water partition coefficient (Wildman–Crippen LogP) is 2.07. The molecule has 0 saturated heterocycles. The van der Waals surface area contributed by atoms with Crippen LogP contribution in [0.25, 0.3) is 0 Å². The van der Waals surface area contributed by atoms with Crippen molar-refractivity contribution in [3.05, 3.63) is 12.4 Å². The Bertz CT molecular complexity index is 360. The lowest BCUT2D eigenvalue weighted by Crippen LogP contribution is -2.36. The van der Waals surface area contributed by atoms with Gasteiger partial charge in [-0.25, -0.2) is 0 Å². The van der Waals surface area contributed by atoms with E-state index in [9.17, 15) is 4.79 Å². The second-order valence-corrected chi connectivity index (χ2v) is 4.98. The van der Waals surface area contributed by atoms with E-state index in [4.69, 9.17) is 5.73 Å². The number of rotatable bonds is 4. The van der Waals surface area contributed by atoms with Gasteiger partial charge in [0.05, 0.1) is 11.9 Å². The van der Waals surface area contributed by atoms with Crippen LogP contribution in [0.1, 0.15) is 38.5 Å². The lowest BCUT2D eigenvalue weighted by molar-refractivity contribution is -0.118. The maximum Gasteiger partial charge on any atom is 0.225 e. The van der Waals surface area contributed by atoms with Crippen molar-refractivity contribution in [2.75, 3.05) is 11.9 Å². The number of carbonyl (C=O) groups is 1. The predicted molar refractivity (Wildman–Crippen MR) is 73.7 cm³/mol. The standard InChI is InChI=1S/C12H20N4O.ClH/c13-9-12(4-2-1-3-5-12)6-11(17)16-10-7-14-15-8-10;/h7-8H,1-6,9,13H2,(H,14,15)(H,16,17);1H. The highest BCUT2D eigenvalue weighted by atomic mass is 35.5. The average molecular weight is 273 g/mol. The molecule has 6 heteroatoms. The summed E-state index contributed by atoms with van der Waals surface area (Å²) in [4.78, 5) is 11.9. The second kappa shape index (κ2) is 6.75. The number of hydrogen-bond acceptors (Lipinski definition) is 3. The molecule has 5 nitrogen and oxygen atoms in total. The molecule has 0 unspecified atom stereocenters. The number of H-pyrrole nitrogens is 1. The van der Waals surface area contributed by atoms with Crippen molar-refractivity contribution in [3.63, 3.8) is 0 Å². The molecule has 1 aromatic rings. The SMILES string of the molecule is Cl.NCC1(CC(=O)Nc2cn[nH]c2)CCCCC1. The first kappa shape index (κ1) is 15.0. The molecule has 1 aromatic heterocycles. The molecule has 0 aliphatic heterocycles. The molecule has 2 rings (SSSR count). The van der Waals surface area contributed by atoms with E-state index in [2.05, 4.69) is 15.5 Å². The van der Waals surface area contributed by atoms with Gasteiger partial charge in [-0.1, -0.05) is 19.3 Å². The number of amides is 1. The maximum absolute atomic E-state index is 11.9. The molecule has 0 aromatic carbocycles. The highest BCUT2D eigenvalue weighted by Crippen LogP contribution is 2.38. The number of aromatic amines is 1. The molecule has 1 heterocycles. The summed E-state index contributed by atoms with van der Waals surface area (Å²) in [7, 11) is 0. The molecule has 102 valence electrons. The molecule has 0 atom stereocenters. The normalized spacial score (nSPS) is 17.8. The van der Waals surface area contributed by atoms with Crippen LogP contribution in [-0.4, -0.2) is 22.6 Å². The zero-order valence-electron chi connectivity index (χ0n) is 10.4. The maximum atomic E-state index is 11.9. The Balaban J connectivity index is 0.00000162. The van der Waals surface area contributed by atoms with Gasteiger partial charge in [0, 0.05) is 12.6 Å². The van der Waals surface area contributed by atoms with Gasteiger partial charge in [-0.3, -0.25) is 9.89 Å². The molecule has 1 fully saturated rings. The lowest BCUT2D eigenvalue weighted by Gasteiger charge is -2.35. The Morgan fingerprint density at radius 3 is 2.72 bits per heavy atom. The van der Waals surface area contributed by atoms with Crippen LogP contribution < -0.4 is 11.1 Å². The number of anilines is 1. The van der Waals surface area contributed by atoms with Gasteiger partial charge < -0.3 is 11.1 Å². The van der Waals surface area contributed by atoms with Crippen molar-refractivity contribution in [2.24, 2.45) is 11.1 Å². The van der Waals surface area contributed by atoms with Gasteiger partial charge in [0.1, 0.15) is 0 Å². The highest BCUT2D eigenvalue weighted by molar-refractivity contribution is 5.90. The molecular formula is C12H21ClN4O. The number of nitrogens with one attached hydrogen (secondary N) is 2. The van der Waals surface area contributed by atoms with E-state index in [-0.39, 0.29) is 23.7 Å². The van der Waals surface area contributed by atoms with Crippen LogP contribution in [0.4, 0.5) is 5.69 Å². The fraction of sp³-hybridized carbons (Fsp3) is 0.667. The molecule has 1 amide bonds. The first-order valence-electron chi connectivity index (χ1n) is 6.23. The fourth-order valence-electron chi connectivity index (χ4n) is 2.62. The minimum absolute atomic E-state index is 0. The van der Waals surface area contributed by atoms with Crippen LogP contribution in [0.15, 0.2) is 12.4 Å². The molecule has 1 aliphatic carbocycles. The number of halogens is 1. The summed E-state index contributed by atoms with van der Waals surface area (Å²) in [5.41, 5.74) is 6.60. The smallest absolute Gasteiger partial charge is 0.225 e. The third-order valence-electron chi connectivity index (χ3n) is 3.66. The molecular weight excluding hydrogens is 252 g/mol. The Morgan fingerprint density at radius 2 is 2.17 bits per heavy atom. The summed E-state index contributed by atoms with van der Waals surface area (Å²) in [6.45, 7) is 0.603. The minimum Gasteiger partial charge on any atom is -0.330 e. The van der Waals surface area contributed by atoms with Crippen molar-refractivity contribution in [3.8, 4) is 0 Å². The van der Waals surface area contributed by atoms with E-state index in [0.29, 0.717) is 13.0 Å². The molecule has 0 radical (unpaired) electrons. The van der Waals surface area contributed by atoms with E-state index >= 15 is 0 Å². The minimum atomic E-state index is 0. The highest BCUT2D eigenvalue weighted by Gasteiger charge is 2.32. The monoisotopic (exact) mass is 272 g/mol. The Hall–Kier alpha value is -1.07. The van der Waals surface area contributed by atoms with Gasteiger partial charge in [-0.2, -0.15) is 5.10 Å².